The molecule has 0 aliphatic rings. The Morgan fingerprint density at radius 1 is 1.10 bits per heavy atom. The van der Waals surface area contributed by atoms with Gasteiger partial charge in [0.25, 0.3) is 0 Å². The molecule has 114 valence electrons. The smallest absolute Gasteiger partial charge is 0.152 e. The second-order valence-electron chi connectivity index (χ2n) is 5.18. The van der Waals surface area contributed by atoms with Gasteiger partial charge in [-0.15, -0.1) is 0 Å². The normalized spacial score (nSPS) is 14.3. The first-order chi connectivity index (χ1) is 9.62. The quantitative estimate of drug-likeness (QED) is 0.694. The molecule has 2 unspecified atom stereocenters. The zero-order valence-electron chi connectivity index (χ0n) is 13.3. The molecule has 0 heterocycles. The molecule has 0 aliphatic heterocycles. The lowest BCUT2D eigenvalue weighted by Crippen LogP contribution is -2.39. The summed E-state index contributed by atoms with van der Waals surface area (Å²) in [5.74, 6) is 0.877. The second kappa shape index (κ2) is 8.98. The summed E-state index contributed by atoms with van der Waals surface area (Å²) in [7, 11) is 0. The number of nitrogens with zero attached hydrogens (tertiary/aromatic N) is 1. The van der Waals surface area contributed by atoms with Gasteiger partial charge >= 0.3 is 0 Å². The van der Waals surface area contributed by atoms with Crippen LogP contribution < -0.4 is 4.74 Å². The van der Waals surface area contributed by atoms with E-state index in [1.54, 1.807) is 6.92 Å². The van der Waals surface area contributed by atoms with Gasteiger partial charge in [-0.3, -0.25) is 4.90 Å². The number of unbranched alkanes of at least 4 members (excludes halogenated alkanes) is 1. The molecule has 2 atom stereocenters. The van der Waals surface area contributed by atoms with E-state index >= 15 is 0 Å². The van der Waals surface area contributed by atoms with E-state index in [2.05, 4.69) is 25.7 Å². The first-order valence-corrected chi connectivity index (χ1v) is 7.81. The summed E-state index contributed by atoms with van der Waals surface area (Å²) in [6, 6.07) is 7.76. The van der Waals surface area contributed by atoms with Gasteiger partial charge in [0, 0.05) is 0 Å². The van der Waals surface area contributed by atoms with Gasteiger partial charge < -0.3 is 9.84 Å². The lowest BCUT2D eigenvalue weighted by Gasteiger charge is -2.30. The van der Waals surface area contributed by atoms with E-state index < -0.39 is 6.10 Å². The van der Waals surface area contributed by atoms with Crippen LogP contribution in [0.15, 0.2) is 24.3 Å². The summed E-state index contributed by atoms with van der Waals surface area (Å²) in [5.41, 5.74) is 0.922. The number of rotatable bonds is 9. The maximum Gasteiger partial charge on any atom is 0.152 e. The van der Waals surface area contributed by atoms with Gasteiger partial charge in [0.2, 0.25) is 0 Å². The van der Waals surface area contributed by atoms with Crippen LogP contribution in [0.1, 0.15) is 58.6 Å². The van der Waals surface area contributed by atoms with Crippen molar-refractivity contribution in [2.75, 3.05) is 13.1 Å². The number of aliphatic hydroxyl groups is 1. The van der Waals surface area contributed by atoms with Crippen molar-refractivity contribution in [2.24, 2.45) is 0 Å². The average Bonchev–Trinajstić information content (AvgIpc) is 2.46. The lowest BCUT2D eigenvalue weighted by atomic mass is 10.1. The monoisotopic (exact) mass is 279 g/mol. The van der Waals surface area contributed by atoms with Gasteiger partial charge in [-0.05, 0) is 50.6 Å². The SMILES string of the molecule is CCCCC(Oc1ccc(C(C)O)cc1)N(CC)CC. The van der Waals surface area contributed by atoms with E-state index in [0.717, 1.165) is 30.8 Å². The maximum atomic E-state index is 9.53. The van der Waals surface area contributed by atoms with Crippen molar-refractivity contribution >= 4 is 0 Å². The molecule has 3 heteroatoms. The minimum atomic E-state index is -0.428. The predicted molar refractivity (Wildman–Crippen MR) is 83.9 cm³/mol. The Kier molecular flexibility index (Phi) is 7.63. The van der Waals surface area contributed by atoms with Crippen LogP contribution in [0.2, 0.25) is 0 Å². The Hall–Kier alpha value is -1.06. The molecular weight excluding hydrogens is 250 g/mol. The van der Waals surface area contributed by atoms with Gasteiger partial charge in [0.05, 0.1) is 6.10 Å². The Labute approximate surface area is 123 Å². The molecule has 0 saturated carbocycles. The molecule has 0 amide bonds. The van der Waals surface area contributed by atoms with Crippen molar-refractivity contribution in [3.8, 4) is 5.75 Å². The van der Waals surface area contributed by atoms with E-state index in [9.17, 15) is 5.11 Å². The maximum absolute atomic E-state index is 9.53. The molecule has 0 fully saturated rings. The Morgan fingerprint density at radius 3 is 2.15 bits per heavy atom. The zero-order chi connectivity index (χ0) is 15.0. The highest BCUT2D eigenvalue weighted by Crippen LogP contribution is 2.20. The molecule has 0 radical (unpaired) electrons. The largest absolute Gasteiger partial charge is 0.475 e. The van der Waals surface area contributed by atoms with E-state index in [-0.39, 0.29) is 6.23 Å². The number of hydrogen-bond donors (Lipinski definition) is 1. The molecule has 0 spiro atoms. The Bertz CT molecular complexity index is 358. The van der Waals surface area contributed by atoms with E-state index in [0.29, 0.717) is 0 Å². The molecule has 1 rings (SSSR count). The fraction of sp³-hybridized carbons (Fsp3) is 0.647. The molecule has 0 saturated heterocycles. The molecule has 0 aromatic heterocycles. The minimum Gasteiger partial charge on any atom is -0.475 e. The molecular formula is C17H29NO2. The van der Waals surface area contributed by atoms with Crippen LogP contribution in [0.25, 0.3) is 0 Å². The summed E-state index contributed by atoms with van der Waals surface area (Å²) in [6.07, 6.45) is 3.12. The minimum absolute atomic E-state index is 0.141. The van der Waals surface area contributed by atoms with Crippen molar-refractivity contribution in [1.82, 2.24) is 4.90 Å². The number of ether oxygens (including phenoxy) is 1. The Morgan fingerprint density at radius 2 is 1.70 bits per heavy atom. The third-order valence-corrected chi connectivity index (χ3v) is 3.66. The van der Waals surface area contributed by atoms with Gasteiger partial charge in [-0.2, -0.15) is 0 Å². The molecule has 0 aliphatic carbocycles. The molecule has 1 N–H and O–H groups in total. The van der Waals surface area contributed by atoms with Crippen LogP contribution in [0, 0.1) is 0 Å². The summed E-state index contributed by atoms with van der Waals surface area (Å²) in [4.78, 5) is 2.35. The Balaban J connectivity index is 2.72. The van der Waals surface area contributed by atoms with Crippen molar-refractivity contribution in [1.29, 1.82) is 0 Å². The van der Waals surface area contributed by atoms with Gasteiger partial charge in [0.1, 0.15) is 5.75 Å². The molecule has 3 nitrogen and oxygen atoms in total. The van der Waals surface area contributed by atoms with Gasteiger partial charge in [0.15, 0.2) is 6.23 Å². The van der Waals surface area contributed by atoms with Crippen LogP contribution in [-0.4, -0.2) is 29.3 Å². The van der Waals surface area contributed by atoms with Gasteiger partial charge in [-0.1, -0.05) is 39.3 Å². The van der Waals surface area contributed by atoms with Crippen molar-refractivity contribution < 1.29 is 9.84 Å². The van der Waals surface area contributed by atoms with Crippen molar-refractivity contribution in [3.63, 3.8) is 0 Å². The predicted octanol–water partition coefficient (Wildman–Crippen LogP) is 3.98. The van der Waals surface area contributed by atoms with Crippen LogP contribution in [0.5, 0.6) is 5.75 Å². The highest BCUT2D eigenvalue weighted by atomic mass is 16.5. The molecule has 1 aromatic rings. The van der Waals surface area contributed by atoms with E-state index in [4.69, 9.17) is 4.74 Å². The molecule has 0 bridgehead atoms. The summed E-state index contributed by atoms with van der Waals surface area (Å²) < 4.78 is 6.14. The third kappa shape index (κ3) is 5.14. The lowest BCUT2D eigenvalue weighted by molar-refractivity contribution is 0.0244. The third-order valence-electron chi connectivity index (χ3n) is 3.66. The first-order valence-electron chi connectivity index (χ1n) is 7.81. The number of benzene rings is 1. The summed E-state index contributed by atoms with van der Waals surface area (Å²) >= 11 is 0. The fourth-order valence-corrected chi connectivity index (χ4v) is 2.31. The van der Waals surface area contributed by atoms with Crippen LogP contribution >= 0.6 is 0 Å². The molecule has 1 aromatic carbocycles. The van der Waals surface area contributed by atoms with Crippen molar-refractivity contribution in [2.45, 2.75) is 59.3 Å². The zero-order valence-corrected chi connectivity index (χ0v) is 13.3. The van der Waals surface area contributed by atoms with Crippen LogP contribution in [0.4, 0.5) is 0 Å². The standard InChI is InChI=1S/C17H29NO2/c1-5-8-9-17(18(6-2)7-3)20-16-12-10-15(11-13-16)14(4)19/h10-14,17,19H,5-9H2,1-4H3. The van der Waals surface area contributed by atoms with Crippen LogP contribution in [-0.2, 0) is 0 Å². The van der Waals surface area contributed by atoms with E-state index in [1.807, 2.05) is 24.3 Å². The average molecular weight is 279 g/mol. The van der Waals surface area contributed by atoms with Gasteiger partial charge in [-0.25, -0.2) is 0 Å². The fourth-order valence-electron chi connectivity index (χ4n) is 2.31. The number of hydrogen-bond acceptors (Lipinski definition) is 3. The second-order valence-corrected chi connectivity index (χ2v) is 5.18. The first kappa shape index (κ1) is 17.0. The summed E-state index contributed by atoms with van der Waals surface area (Å²) in [6.45, 7) is 10.3. The number of aliphatic hydroxyl groups excluding tert-OH is 1. The van der Waals surface area contributed by atoms with Crippen molar-refractivity contribution in [3.05, 3.63) is 29.8 Å². The molecule has 20 heavy (non-hydrogen) atoms. The topological polar surface area (TPSA) is 32.7 Å². The summed E-state index contributed by atoms with van der Waals surface area (Å²) in [5, 5.41) is 9.53. The van der Waals surface area contributed by atoms with E-state index in [1.165, 1.54) is 12.8 Å². The highest BCUT2D eigenvalue weighted by Gasteiger charge is 2.16. The highest BCUT2D eigenvalue weighted by molar-refractivity contribution is 5.28. The van der Waals surface area contributed by atoms with Crippen LogP contribution in [0.3, 0.4) is 0 Å².